The standard InChI is InChI=1S/C18H23IO2/c1-15(2)8-6-9-16(10-7-13-19)14-21-18(20)17-11-4-3-5-12-17/h3-5,8,10-12H,6-7,9,13-14H2,1-2H3/b16-10+. The van der Waals surface area contributed by atoms with Crippen molar-refractivity contribution in [3.05, 3.63) is 59.2 Å². The second-order valence-corrected chi connectivity index (χ2v) is 6.18. The second-order valence-electron chi connectivity index (χ2n) is 5.10. The minimum atomic E-state index is -0.252. The van der Waals surface area contributed by atoms with Crippen molar-refractivity contribution < 1.29 is 9.53 Å². The summed E-state index contributed by atoms with van der Waals surface area (Å²) in [7, 11) is 0. The van der Waals surface area contributed by atoms with E-state index >= 15 is 0 Å². The van der Waals surface area contributed by atoms with E-state index in [4.69, 9.17) is 4.74 Å². The van der Waals surface area contributed by atoms with Crippen molar-refractivity contribution in [3.63, 3.8) is 0 Å². The van der Waals surface area contributed by atoms with E-state index in [-0.39, 0.29) is 5.97 Å². The van der Waals surface area contributed by atoms with Crippen LogP contribution < -0.4 is 0 Å². The first kappa shape index (κ1) is 18.0. The molecule has 2 nitrogen and oxygen atoms in total. The van der Waals surface area contributed by atoms with Gasteiger partial charge in [0.05, 0.1) is 5.56 Å². The number of hydrogen-bond acceptors (Lipinski definition) is 2. The van der Waals surface area contributed by atoms with Crippen LogP contribution in [0.5, 0.6) is 0 Å². The second kappa shape index (κ2) is 10.6. The molecule has 0 fully saturated rings. The van der Waals surface area contributed by atoms with Crippen molar-refractivity contribution in [2.24, 2.45) is 0 Å². The maximum atomic E-state index is 11.9. The Balaban J connectivity index is 2.53. The fraction of sp³-hybridized carbons (Fsp3) is 0.389. The van der Waals surface area contributed by atoms with Crippen molar-refractivity contribution >= 4 is 28.6 Å². The lowest BCUT2D eigenvalue weighted by Gasteiger charge is -2.08. The van der Waals surface area contributed by atoms with Crippen LogP contribution in [0.4, 0.5) is 0 Å². The average molecular weight is 398 g/mol. The summed E-state index contributed by atoms with van der Waals surface area (Å²) in [5.74, 6) is -0.252. The Bertz CT molecular complexity index is 485. The Morgan fingerprint density at radius 3 is 2.48 bits per heavy atom. The molecule has 1 aromatic carbocycles. The highest BCUT2D eigenvalue weighted by Crippen LogP contribution is 2.11. The molecule has 0 aliphatic carbocycles. The van der Waals surface area contributed by atoms with Crippen LogP contribution in [0.2, 0.25) is 0 Å². The van der Waals surface area contributed by atoms with Gasteiger partial charge >= 0.3 is 5.97 Å². The highest BCUT2D eigenvalue weighted by atomic mass is 127. The molecule has 3 heteroatoms. The molecule has 0 aliphatic rings. The normalized spacial score (nSPS) is 11.1. The van der Waals surface area contributed by atoms with Gasteiger partial charge in [0, 0.05) is 4.43 Å². The highest BCUT2D eigenvalue weighted by molar-refractivity contribution is 14.1. The van der Waals surface area contributed by atoms with Crippen LogP contribution in [-0.2, 0) is 4.74 Å². The Morgan fingerprint density at radius 1 is 1.14 bits per heavy atom. The molecule has 0 amide bonds. The zero-order chi connectivity index (χ0) is 15.5. The third-order valence-electron chi connectivity index (χ3n) is 2.96. The number of alkyl halides is 1. The summed E-state index contributed by atoms with van der Waals surface area (Å²) in [4.78, 5) is 11.9. The zero-order valence-electron chi connectivity index (χ0n) is 12.8. The van der Waals surface area contributed by atoms with E-state index in [1.54, 1.807) is 12.1 Å². The minimum Gasteiger partial charge on any atom is -0.458 e. The third kappa shape index (κ3) is 8.05. The summed E-state index contributed by atoms with van der Waals surface area (Å²) in [6.45, 7) is 4.59. The lowest BCUT2D eigenvalue weighted by atomic mass is 10.1. The Morgan fingerprint density at radius 2 is 1.86 bits per heavy atom. The summed E-state index contributed by atoms with van der Waals surface area (Å²) in [5.41, 5.74) is 3.13. The molecule has 1 aromatic rings. The molecule has 114 valence electrons. The van der Waals surface area contributed by atoms with Gasteiger partial charge in [-0.15, -0.1) is 0 Å². The number of halogens is 1. The van der Waals surface area contributed by atoms with Gasteiger partial charge in [0.2, 0.25) is 0 Å². The maximum Gasteiger partial charge on any atom is 0.338 e. The van der Waals surface area contributed by atoms with E-state index in [1.807, 2.05) is 18.2 Å². The smallest absolute Gasteiger partial charge is 0.338 e. The number of ether oxygens (including phenoxy) is 1. The molecule has 0 N–H and O–H groups in total. The first-order valence-electron chi connectivity index (χ1n) is 7.23. The molecule has 0 bridgehead atoms. The van der Waals surface area contributed by atoms with Gasteiger partial charge in [-0.2, -0.15) is 0 Å². The largest absolute Gasteiger partial charge is 0.458 e. The fourth-order valence-electron chi connectivity index (χ4n) is 1.85. The van der Waals surface area contributed by atoms with Crippen molar-refractivity contribution in [3.8, 4) is 0 Å². The summed E-state index contributed by atoms with van der Waals surface area (Å²) in [6.07, 6.45) is 7.39. The SMILES string of the molecule is CC(C)=CCC/C(=C\CCI)COC(=O)c1ccccc1. The van der Waals surface area contributed by atoms with Crippen LogP contribution in [0.15, 0.2) is 53.6 Å². The lowest BCUT2D eigenvalue weighted by Crippen LogP contribution is -2.08. The van der Waals surface area contributed by atoms with E-state index in [0.717, 1.165) is 23.7 Å². The quantitative estimate of drug-likeness (QED) is 0.256. The van der Waals surface area contributed by atoms with E-state index in [1.165, 1.54) is 11.1 Å². The number of benzene rings is 1. The van der Waals surface area contributed by atoms with Crippen LogP contribution >= 0.6 is 22.6 Å². The molecule has 0 spiro atoms. The molecule has 0 radical (unpaired) electrons. The Hall–Kier alpha value is -1.10. The van der Waals surface area contributed by atoms with Crippen LogP contribution in [-0.4, -0.2) is 17.0 Å². The van der Waals surface area contributed by atoms with E-state index in [9.17, 15) is 4.79 Å². The maximum absolute atomic E-state index is 11.9. The number of carbonyl (C=O) groups excluding carboxylic acids is 1. The third-order valence-corrected chi connectivity index (χ3v) is 3.58. The van der Waals surface area contributed by atoms with E-state index < -0.39 is 0 Å². The lowest BCUT2D eigenvalue weighted by molar-refractivity contribution is 0.0537. The number of esters is 1. The van der Waals surface area contributed by atoms with E-state index in [2.05, 4.69) is 48.6 Å². The van der Waals surface area contributed by atoms with Gasteiger partial charge in [-0.25, -0.2) is 4.79 Å². The molecule has 0 saturated carbocycles. The predicted molar refractivity (Wildman–Crippen MR) is 97.0 cm³/mol. The predicted octanol–water partition coefficient (Wildman–Crippen LogP) is 5.34. The number of rotatable bonds is 8. The van der Waals surface area contributed by atoms with Gasteiger partial charge in [0.1, 0.15) is 6.61 Å². The molecule has 0 saturated heterocycles. The van der Waals surface area contributed by atoms with Crippen molar-refractivity contribution in [2.45, 2.75) is 33.1 Å². The van der Waals surface area contributed by atoms with Crippen LogP contribution in [0.1, 0.15) is 43.5 Å². The summed E-state index contributed by atoms with van der Waals surface area (Å²) < 4.78 is 6.49. The monoisotopic (exact) mass is 398 g/mol. The van der Waals surface area contributed by atoms with Gasteiger partial charge in [-0.3, -0.25) is 0 Å². The molecule has 0 unspecified atom stereocenters. The van der Waals surface area contributed by atoms with Gasteiger partial charge < -0.3 is 4.74 Å². The molecular formula is C18H23IO2. The first-order valence-corrected chi connectivity index (χ1v) is 8.75. The molecular weight excluding hydrogens is 375 g/mol. The van der Waals surface area contributed by atoms with Gasteiger partial charge in [-0.05, 0) is 50.8 Å². The number of allylic oxidation sites excluding steroid dienone is 3. The van der Waals surface area contributed by atoms with Gasteiger partial charge in [0.15, 0.2) is 0 Å². The molecule has 0 heterocycles. The fourth-order valence-corrected chi connectivity index (χ4v) is 2.17. The number of hydrogen-bond donors (Lipinski definition) is 0. The van der Waals surface area contributed by atoms with Crippen LogP contribution in [0, 0.1) is 0 Å². The summed E-state index contributed by atoms with van der Waals surface area (Å²) >= 11 is 2.36. The molecule has 21 heavy (non-hydrogen) atoms. The van der Waals surface area contributed by atoms with Crippen LogP contribution in [0.3, 0.4) is 0 Å². The summed E-state index contributed by atoms with van der Waals surface area (Å²) in [5, 5.41) is 0. The molecule has 0 aliphatic heterocycles. The van der Waals surface area contributed by atoms with Crippen LogP contribution in [0.25, 0.3) is 0 Å². The Kier molecular flexibility index (Phi) is 9.06. The van der Waals surface area contributed by atoms with Gasteiger partial charge in [0.25, 0.3) is 0 Å². The molecule has 1 rings (SSSR count). The molecule has 0 aromatic heterocycles. The summed E-state index contributed by atoms with van der Waals surface area (Å²) in [6, 6.07) is 9.14. The van der Waals surface area contributed by atoms with Gasteiger partial charge in [-0.1, -0.05) is 58.5 Å². The highest BCUT2D eigenvalue weighted by Gasteiger charge is 2.07. The number of carbonyl (C=O) groups is 1. The Labute approximate surface area is 141 Å². The van der Waals surface area contributed by atoms with Crippen molar-refractivity contribution in [1.29, 1.82) is 0 Å². The van der Waals surface area contributed by atoms with Crippen molar-refractivity contribution in [1.82, 2.24) is 0 Å². The molecule has 0 atom stereocenters. The minimum absolute atomic E-state index is 0.252. The topological polar surface area (TPSA) is 26.3 Å². The van der Waals surface area contributed by atoms with E-state index in [0.29, 0.717) is 12.2 Å². The van der Waals surface area contributed by atoms with Crippen molar-refractivity contribution in [2.75, 3.05) is 11.0 Å². The zero-order valence-corrected chi connectivity index (χ0v) is 14.9. The first-order chi connectivity index (χ1) is 10.1. The average Bonchev–Trinajstić information content (AvgIpc) is 2.49.